The Morgan fingerprint density at radius 2 is 1.85 bits per heavy atom. The van der Waals surface area contributed by atoms with E-state index in [1.165, 1.54) is 16.6 Å². The number of carbonyl (C=O) groups is 2. The number of amides is 2. The van der Waals surface area contributed by atoms with Crippen molar-refractivity contribution in [3.05, 3.63) is 53.3 Å². The van der Waals surface area contributed by atoms with Crippen molar-refractivity contribution in [2.45, 2.75) is 50.5 Å². The maximum absolute atomic E-state index is 13.2. The van der Waals surface area contributed by atoms with Crippen molar-refractivity contribution in [2.75, 3.05) is 26.2 Å². The fourth-order valence-electron chi connectivity index (χ4n) is 4.57. The van der Waals surface area contributed by atoms with Crippen molar-refractivity contribution < 1.29 is 18.0 Å². The Bertz CT molecular complexity index is 1110. The van der Waals surface area contributed by atoms with Crippen LogP contribution in [-0.2, 0) is 21.4 Å². The molecule has 4 rings (SSSR count). The van der Waals surface area contributed by atoms with Gasteiger partial charge in [-0.3, -0.25) is 9.59 Å². The Kier molecular flexibility index (Phi) is 7.19. The van der Waals surface area contributed by atoms with Gasteiger partial charge >= 0.3 is 0 Å². The Labute approximate surface area is 195 Å². The van der Waals surface area contributed by atoms with E-state index in [2.05, 4.69) is 10.3 Å². The van der Waals surface area contributed by atoms with Crippen LogP contribution in [0, 0.1) is 12.8 Å². The van der Waals surface area contributed by atoms with Gasteiger partial charge in [-0.05, 0) is 56.2 Å². The fraction of sp³-hybridized carbons (Fsp3) is 0.500. The first-order valence-corrected chi connectivity index (χ1v) is 13.1. The highest BCUT2D eigenvalue weighted by Gasteiger charge is 2.34. The van der Waals surface area contributed by atoms with E-state index in [1.807, 2.05) is 31.2 Å². The van der Waals surface area contributed by atoms with Gasteiger partial charge in [-0.25, -0.2) is 8.42 Å². The van der Waals surface area contributed by atoms with E-state index in [-0.39, 0.29) is 23.3 Å². The lowest BCUT2D eigenvalue weighted by molar-refractivity contribution is -0.126. The molecular formula is C24H32N4O4S. The number of hydrogen-bond donors (Lipinski definition) is 2. The Hall–Kier alpha value is -2.65. The van der Waals surface area contributed by atoms with Gasteiger partial charge in [0.05, 0.1) is 5.92 Å². The minimum Gasteiger partial charge on any atom is -0.356 e. The number of rotatable bonds is 6. The van der Waals surface area contributed by atoms with Gasteiger partial charge in [0.1, 0.15) is 10.6 Å². The lowest BCUT2D eigenvalue weighted by Crippen LogP contribution is -2.45. The molecule has 2 N–H and O–H groups in total. The van der Waals surface area contributed by atoms with E-state index in [1.54, 1.807) is 4.90 Å². The third kappa shape index (κ3) is 5.30. The summed E-state index contributed by atoms with van der Waals surface area (Å²) in [7, 11) is -3.79. The quantitative estimate of drug-likeness (QED) is 0.675. The predicted octanol–water partition coefficient (Wildman–Crippen LogP) is 2.67. The zero-order valence-corrected chi connectivity index (χ0v) is 19.9. The lowest BCUT2D eigenvalue weighted by atomic mass is 9.98. The topological polar surface area (TPSA) is 103 Å². The smallest absolute Gasteiger partial charge is 0.270 e. The summed E-state index contributed by atoms with van der Waals surface area (Å²) in [5, 5.41) is 2.96. The maximum atomic E-state index is 13.2. The number of carbonyl (C=O) groups excluding carboxylic acids is 2. The van der Waals surface area contributed by atoms with Crippen LogP contribution in [-0.4, -0.2) is 60.6 Å². The summed E-state index contributed by atoms with van der Waals surface area (Å²) in [6.45, 7) is 4.33. The molecule has 0 aliphatic carbocycles. The van der Waals surface area contributed by atoms with Crippen molar-refractivity contribution in [3.8, 4) is 0 Å². The predicted molar refractivity (Wildman–Crippen MR) is 125 cm³/mol. The van der Waals surface area contributed by atoms with Gasteiger partial charge in [-0.1, -0.05) is 24.3 Å². The minimum atomic E-state index is -3.79. The van der Waals surface area contributed by atoms with E-state index in [0.717, 1.165) is 30.4 Å². The SMILES string of the molecule is Cc1ccccc1CNC(=O)[C@@H]1CCCN(S(=O)(=O)c2c[nH]c(C(=O)N3CCCCC3)c2)C1. The molecule has 2 fully saturated rings. The number of aromatic amines is 1. The van der Waals surface area contributed by atoms with Crippen molar-refractivity contribution in [1.82, 2.24) is 19.5 Å². The summed E-state index contributed by atoms with van der Waals surface area (Å²) in [4.78, 5) is 30.2. The van der Waals surface area contributed by atoms with Crippen molar-refractivity contribution in [3.63, 3.8) is 0 Å². The second kappa shape index (κ2) is 10.1. The van der Waals surface area contributed by atoms with Gasteiger partial charge in [-0.15, -0.1) is 0 Å². The normalized spacial score (nSPS) is 19.9. The van der Waals surface area contributed by atoms with Crippen LogP contribution in [0.15, 0.2) is 41.4 Å². The van der Waals surface area contributed by atoms with E-state index in [0.29, 0.717) is 44.7 Å². The third-order valence-corrected chi connectivity index (χ3v) is 8.48. The first kappa shape index (κ1) is 23.5. The van der Waals surface area contributed by atoms with Gasteiger partial charge in [-0.2, -0.15) is 4.31 Å². The monoisotopic (exact) mass is 472 g/mol. The van der Waals surface area contributed by atoms with Crippen LogP contribution in [0.25, 0.3) is 0 Å². The molecule has 9 heteroatoms. The molecule has 0 radical (unpaired) electrons. The van der Waals surface area contributed by atoms with Crippen LogP contribution in [0.5, 0.6) is 0 Å². The summed E-state index contributed by atoms with van der Waals surface area (Å²) in [5.74, 6) is -0.692. The summed E-state index contributed by atoms with van der Waals surface area (Å²) in [6, 6.07) is 9.29. The van der Waals surface area contributed by atoms with E-state index in [4.69, 9.17) is 0 Å². The molecule has 0 saturated carbocycles. The molecule has 0 spiro atoms. The second-order valence-corrected chi connectivity index (χ2v) is 10.9. The molecule has 33 heavy (non-hydrogen) atoms. The lowest BCUT2D eigenvalue weighted by Gasteiger charge is -2.31. The number of H-pyrrole nitrogens is 1. The summed E-state index contributed by atoms with van der Waals surface area (Å²) in [5.41, 5.74) is 2.44. The van der Waals surface area contributed by atoms with Crippen LogP contribution >= 0.6 is 0 Å². The molecular weight excluding hydrogens is 440 g/mol. The first-order valence-electron chi connectivity index (χ1n) is 11.7. The highest BCUT2D eigenvalue weighted by atomic mass is 32.2. The fourth-order valence-corrected chi connectivity index (χ4v) is 6.09. The first-order chi connectivity index (χ1) is 15.9. The van der Waals surface area contributed by atoms with Crippen LogP contribution in [0.2, 0.25) is 0 Å². The Morgan fingerprint density at radius 1 is 1.09 bits per heavy atom. The van der Waals surface area contributed by atoms with Crippen molar-refractivity contribution >= 4 is 21.8 Å². The highest BCUT2D eigenvalue weighted by molar-refractivity contribution is 7.89. The molecule has 0 bridgehead atoms. The molecule has 1 aromatic heterocycles. The van der Waals surface area contributed by atoms with Crippen LogP contribution < -0.4 is 5.32 Å². The molecule has 2 aliphatic rings. The maximum Gasteiger partial charge on any atom is 0.270 e. The van der Waals surface area contributed by atoms with E-state index >= 15 is 0 Å². The average Bonchev–Trinajstić information content (AvgIpc) is 3.35. The van der Waals surface area contributed by atoms with Crippen molar-refractivity contribution in [1.29, 1.82) is 0 Å². The summed E-state index contributed by atoms with van der Waals surface area (Å²) in [6.07, 6.45) is 5.71. The number of hydrogen-bond acceptors (Lipinski definition) is 4. The van der Waals surface area contributed by atoms with Crippen LogP contribution in [0.3, 0.4) is 0 Å². The highest BCUT2D eigenvalue weighted by Crippen LogP contribution is 2.25. The largest absolute Gasteiger partial charge is 0.356 e. The number of aromatic nitrogens is 1. The Morgan fingerprint density at radius 3 is 2.61 bits per heavy atom. The minimum absolute atomic E-state index is 0.0730. The van der Waals surface area contributed by atoms with Crippen LogP contribution in [0.4, 0.5) is 0 Å². The average molecular weight is 473 g/mol. The van der Waals surface area contributed by atoms with Gasteiger partial charge in [0.25, 0.3) is 5.91 Å². The van der Waals surface area contributed by atoms with Crippen LogP contribution in [0.1, 0.15) is 53.7 Å². The summed E-state index contributed by atoms with van der Waals surface area (Å²) < 4.78 is 27.8. The van der Waals surface area contributed by atoms with E-state index in [9.17, 15) is 18.0 Å². The number of likely N-dealkylation sites (tertiary alicyclic amines) is 1. The number of aryl methyl sites for hydroxylation is 1. The molecule has 0 unspecified atom stereocenters. The number of piperidine rings is 2. The molecule has 2 saturated heterocycles. The standard InChI is InChI=1S/C24H32N4O4S/c1-18-8-3-4-9-19(18)15-26-23(29)20-10-7-13-28(17-20)33(31,32)21-14-22(25-16-21)24(30)27-11-5-2-6-12-27/h3-4,8-9,14,16,20,25H,2,5-7,10-13,15,17H2,1H3,(H,26,29)/t20-/m1/s1. The van der Waals surface area contributed by atoms with Gasteiger partial charge in [0.2, 0.25) is 15.9 Å². The second-order valence-electron chi connectivity index (χ2n) is 8.95. The Balaban J connectivity index is 1.40. The molecule has 2 aliphatic heterocycles. The van der Waals surface area contributed by atoms with Gasteiger partial charge in [0, 0.05) is 38.9 Å². The van der Waals surface area contributed by atoms with Gasteiger partial charge in [0.15, 0.2) is 0 Å². The summed E-state index contributed by atoms with van der Waals surface area (Å²) >= 11 is 0. The molecule has 1 atom stereocenters. The molecule has 2 aromatic rings. The zero-order valence-electron chi connectivity index (χ0n) is 19.0. The third-order valence-electron chi connectivity index (χ3n) is 6.64. The number of nitrogens with zero attached hydrogens (tertiary/aromatic N) is 2. The van der Waals surface area contributed by atoms with Gasteiger partial charge < -0.3 is 15.2 Å². The molecule has 3 heterocycles. The molecule has 8 nitrogen and oxygen atoms in total. The number of sulfonamides is 1. The van der Waals surface area contributed by atoms with Crippen molar-refractivity contribution in [2.24, 2.45) is 5.92 Å². The number of benzene rings is 1. The molecule has 1 aromatic carbocycles. The number of nitrogens with one attached hydrogen (secondary N) is 2. The van der Waals surface area contributed by atoms with E-state index < -0.39 is 15.9 Å². The zero-order chi connectivity index (χ0) is 23.4. The molecule has 2 amide bonds. The molecule has 178 valence electrons.